The van der Waals surface area contributed by atoms with Gasteiger partial charge in [-0.2, -0.15) is 0 Å². The van der Waals surface area contributed by atoms with Crippen LogP contribution in [0.15, 0.2) is 264 Å². The zero-order valence-electron chi connectivity index (χ0n) is 51.7. The molecule has 8 aromatic heterocycles. The van der Waals surface area contributed by atoms with E-state index < -0.39 is 26.9 Å². The molecule has 0 aliphatic rings. The number of furan rings is 2. The average Bonchev–Trinajstić information content (AvgIpc) is 1.77. The Morgan fingerprint density at radius 3 is 1.20 bits per heavy atom. The van der Waals surface area contributed by atoms with Crippen molar-refractivity contribution in [2.75, 3.05) is 14.2 Å². The third-order valence-electron chi connectivity index (χ3n) is 15.2. The van der Waals surface area contributed by atoms with E-state index in [-0.39, 0.29) is 20.4 Å². The summed E-state index contributed by atoms with van der Waals surface area (Å²) in [5, 5.41) is 24.0. The third kappa shape index (κ3) is 13.9. The van der Waals surface area contributed by atoms with Crippen LogP contribution in [0.2, 0.25) is 5.15 Å². The Morgan fingerprint density at radius 1 is 0.438 bits per heavy atom. The molecule has 0 aliphatic heterocycles. The second kappa shape index (κ2) is 29.6. The van der Waals surface area contributed by atoms with E-state index >= 15 is 4.57 Å². The number of aromatic nitrogens is 6. The minimum absolute atomic E-state index is 0. The van der Waals surface area contributed by atoms with Gasteiger partial charge in [-0.15, -0.1) is 0 Å². The first-order valence-electron chi connectivity index (χ1n) is 29.7. The van der Waals surface area contributed by atoms with Gasteiger partial charge in [0.2, 0.25) is 0 Å². The predicted octanol–water partition coefficient (Wildman–Crippen LogP) is 16.4. The number of fused-ring (bicyclic) bond motifs is 12. The number of hydrogen-bond acceptors (Lipinski definition) is 14. The van der Waals surface area contributed by atoms with Crippen molar-refractivity contribution in [3.63, 3.8) is 0 Å². The summed E-state index contributed by atoms with van der Waals surface area (Å²) in [6.45, 7) is 2.17. The summed E-state index contributed by atoms with van der Waals surface area (Å²) in [5.74, 6) is -0.266. The molecule has 16 rings (SSSR count). The quantitative estimate of drug-likeness (QED) is 0.0592. The number of carboxylic acids is 2. The second-order valence-electron chi connectivity index (χ2n) is 21.3. The van der Waals surface area contributed by atoms with Gasteiger partial charge in [0.1, 0.15) is 44.3 Å². The molecule has 8 heterocycles. The molecule has 0 aliphatic carbocycles. The summed E-state index contributed by atoms with van der Waals surface area (Å²) in [5.41, 5.74) is 11.0. The summed E-state index contributed by atoms with van der Waals surface area (Å²) in [6.07, 6.45) is 3.50. The maximum atomic E-state index is 15.1. The Morgan fingerprint density at radius 2 is 0.792 bits per heavy atom. The molecule has 0 amide bonds. The number of nitrogens with zero attached hydrogens (tertiary/aromatic N) is 6. The fourth-order valence-corrected chi connectivity index (χ4v) is 14.9. The maximum absolute atomic E-state index is 15.1. The minimum atomic E-state index is -3.26. The topological polar surface area (TPSA) is 231 Å². The smallest absolute Gasteiger partial charge is 0.415 e. The SMILES string of the molecule is CC(=O)O.CC(=O)O.COc1ccc(-c2ccc3ccc4ccc(Cl)nc4c3n2)c2oc3cccnc3c12.COc1ccc(-c2ccc3ccc4ccc(P(=O)(c5ccccc5)c5ccccc5)nc4c3n2)c2oc3cccnc3c12.O=[P+](c1ccccc1)c1ccccc1.[Pd]. The van der Waals surface area contributed by atoms with E-state index in [0.29, 0.717) is 49.9 Å². The molecule has 8 aromatic carbocycles. The molecule has 0 fully saturated rings. The zero-order chi connectivity index (χ0) is 66.2. The minimum Gasteiger partial charge on any atom is -0.496 e. The van der Waals surface area contributed by atoms with Gasteiger partial charge in [-0.3, -0.25) is 19.6 Å². The zero-order valence-corrected chi connectivity index (χ0v) is 55.8. The number of carboxylic acid groups (broad SMARTS) is 2. The van der Waals surface area contributed by atoms with Crippen LogP contribution in [-0.2, 0) is 39.1 Å². The van der Waals surface area contributed by atoms with Crippen LogP contribution in [0.1, 0.15) is 13.8 Å². The van der Waals surface area contributed by atoms with Crippen molar-refractivity contribution in [3.8, 4) is 34.0 Å². The number of methoxy groups -OCH3 is 2. The Bertz CT molecular complexity index is 5490. The largest absolute Gasteiger partial charge is 0.496 e. The summed E-state index contributed by atoms with van der Waals surface area (Å²) in [7, 11) is -1.40. The standard InChI is InChI=1S/C36H24N3O3P.C24H14ClN3O2.C12H10OP.2C2H4O2.Pd/c1-41-29-20-18-27(36-32(29)35-30(42-36)13-8-22-37-35)28-19-16-23-14-15-24-17-21-31(39-34(24)33(23)38-28)43(40,25-9-4-2-5-10-25)26-11-6-3-7-12-26;1-29-17-10-8-15(24-20(17)23-18(30-24)3-2-12-26-23)16-9-6-13-4-5-14-7-11-19(25)28-22(14)21(13)27-16;13-14(11-7-3-1-4-8-11)12-9-5-2-6-10-12;2*1-2(3)4;/h2-22H,1H3;2-12H,1H3;1-10H;2*1H3,(H,3,4);/q;;+1;;;. The van der Waals surface area contributed by atoms with Gasteiger partial charge in [0.15, 0.2) is 28.9 Å². The number of rotatable bonds is 9. The average molecular weight is 1420 g/mol. The molecule has 0 atom stereocenters. The molecule has 0 saturated heterocycles. The van der Waals surface area contributed by atoms with E-state index in [1.54, 1.807) is 32.7 Å². The van der Waals surface area contributed by atoms with Crippen LogP contribution in [-0.4, -0.2) is 66.3 Å². The molecule has 0 spiro atoms. The van der Waals surface area contributed by atoms with Crippen molar-refractivity contribution in [1.29, 1.82) is 0 Å². The molecule has 0 bridgehead atoms. The first-order valence-corrected chi connectivity index (χ1v) is 33.0. The fraction of sp³-hybridized carbons (Fsp3) is 0.0526. The van der Waals surface area contributed by atoms with Gasteiger partial charge in [-0.1, -0.05) is 156 Å². The predicted molar refractivity (Wildman–Crippen MR) is 379 cm³/mol. The van der Waals surface area contributed by atoms with Crippen molar-refractivity contribution in [1.82, 2.24) is 29.9 Å². The number of halogens is 1. The maximum Gasteiger partial charge on any atom is 0.415 e. The fourth-order valence-electron chi connectivity index (χ4n) is 11.0. The van der Waals surface area contributed by atoms with Gasteiger partial charge in [0.05, 0.1) is 58.4 Å². The summed E-state index contributed by atoms with van der Waals surface area (Å²) >= 11 is 6.16. The van der Waals surface area contributed by atoms with Crippen molar-refractivity contribution in [2.45, 2.75) is 13.8 Å². The molecule has 16 aromatic rings. The molecule has 0 saturated carbocycles. The van der Waals surface area contributed by atoms with Gasteiger partial charge >= 0.3 is 7.80 Å². The molecule has 96 heavy (non-hydrogen) atoms. The third-order valence-corrected chi connectivity index (χ3v) is 19.9. The normalized spacial score (nSPS) is 10.9. The van der Waals surface area contributed by atoms with Crippen molar-refractivity contribution < 1.29 is 67.7 Å². The molecule has 20 heteroatoms. The monoisotopic (exact) mass is 1420 g/mol. The Hall–Kier alpha value is -10.9. The molecule has 0 unspecified atom stereocenters. The second-order valence-corrected chi connectivity index (χ2v) is 26.1. The van der Waals surface area contributed by atoms with Crippen LogP contribution in [0.3, 0.4) is 0 Å². The van der Waals surface area contributed by atoms with Gasteiger partial charge in [0, 0.05) is 89.9 Å². The Labute approximate surface area is 569 Å². The Kier molecular flexibility index (Phi) is 20.5. The number of hydrogen-bond donors (Lipinski definition) is 2. The summed E-state index contributed by atoms with van der Waals surface area (Å²) in [6, 6.07) is 77.3. The number of aliphatic carboxylic acids is 2. The van der Waals surface area contributed by atoms with Crippen LogP contribution >= 0.6 is 26.5 Å². The van der Waals surface area contributed by atoms with Crippen LogP contribution in [0.4, 0.5) is 0 Å². The summed E-state index contributed by atoms with van der Waals surface area (Å²) < 4.78 is 50.8. The molecule has 476 valence electrons. The van der Waals surface area contributed by atoms with Crippen molar-refractivity contribution >= 4 is 153 Å². The van der Waals surface area contributed by atoms with Gasteiger partial charge in [-0.05, 0) is 103 Å². The van der Waals surface area contributed by atoms with E-state index in [4.69, 9.17) is 64.7 Å². The van der Waals surface area contributed by atoms with E-state index in [0.717, 1.165) is 117 Å². The first-order chi connectivity index (χ1) is 46.2. The molecule has 0 radical (unpaired) electrons. The molecule has 16 nitrogen and oxygen atoms in total. The van der Waals surface area contributed by atoms with Crippen LogP contribution in [0.25, 0.3) is 110 Å². The van der Waals surface area contributed by atoms with E-state index in [9.17, 15) is 4.57 Å². The molecular formula is C76H56ClN6O10P2Pd+. The van der Waals surface area contributed by atoms with Crippen molar-refractivity contribution in [2.24, 2.45) is 0 Å². The van der Waals surface area contributed by atoms with Crippen LogP contribution in [0, 0.1) is 0 Å². The van der Waals surface area contributed by atoms with Gasteiger partial charge < -0.3 is 33.1 Å². The summed E-state index contributed by atoms with van der Waals surface area (Å²) in [4.78, 5) is 46.8. The van der Waals surface area contributed by atoms with Crippen LogP contribution in [0.5, 0.6) is 11.5 Å². The van der Waals surface area contributed by atoms with E-state index in [1.165, 1.54) is 0 Å². The number of carbonyl (C=O) groups is 2. The first kappa shape index (κ1) is 66.6. The Balaban J connectivity index is 0.000000152. The molecule has 2 N–H and O–H groups in total. The molecular weight excluding hydrogens is 1360 g/mol. The van der Waals surface area contributed by atoms with E-state index in [2.05, 4.69) is 15.0 Å². The van der Waals surface area contributed by atoms with Gasteiger partial charge in [0.25, 0.3) is 11.9 Å². The van der Waals surface area contributed by atoms with Gasteiger partial charge in [-0.25, -0.2) is 19.9 Å². The number of pyridine rings is 6. The van der Waals surface area contributed by atoms with Crippen LogP contribution < -0.4 is 36.1 Å². The number of benzene rings is 8. The number of ether oxygens (including phenoxy) is 2. The van der Waals surface area contributed by atoms with Crippen molar-refractivity contribution in [3.05, 3.63) is 260 Å². The van der Waals surface area contributed by atoms with E-state index in [1.807, 2.05) is 237 Å².